The molecule has 2 rings (SSSR count). The van der Waals surface area contributed by atoms with E-state index in [1.807, 2.05) is 13.0 Å². The minimum absolute atomic E-state index is 0. The number of halogens is 1. The molecule has 9 heteroatoms. The summed E-state index contributed by atoms with van der Waals surface area (Å²) < 4.78 is 16.2. The molecule has 1 unspecified atom stereocenters. The summed E-state index contributed by atoms with van der Waals surface area (Å²) in [5.41, 5.74) is 0.860. The molecule has 0 aliphatic carbocycles. The van der Waals surface area contributed by atoms with Crippen LogP contribution in [-0.4, -0.2) is 57.9 Å². The first-order chi connectivity index (χ1) is 12.1. The Hall–Kier alpha value is -2.03. The van der Waals surface area contributed by atoms with E-state index in [1.165, 1.54) is 7.11 Å². The summed E-state index contributed by atoms with van der Waals surface area (Å²) in [6.45, 7) is 4.48. The van der Waals surface area contributed by atoms with Gasteiger partial charge in [-0.2, -0.15) is 0 Å². The van der Waals surface area contributed by atoms with Crippen LogP contribution in [0.3, 0.4) is 0 Å². The van der Waals surface area contributed by atoms with Gasteiger partial charge in [0.05, 0.1) is 13.7 Å². The SMILES string of the molecule is CCNC(=O)COc1ccc(CNC(=O)C2CNCCO2)cc1OC.Cl. The molecule has 0 bridgehead atoms. The topological polar surface area (TPSA) is 97.9 Å². The van der Waals surface area contributed by atoms with Crippen LogP contribution < -0.4 is 25.4 Å². The minimum atomic E-state index is -0.463. The van der Waals surface area contributed by atoms with Crippen molar-refractivity contribution >= 4 is 24.2 Å². The Bertz CT molecular complexity index is 594. The van der Waals surface area contributed by atoms with Crippen LogP contribution in [0, 0.1) is 0 Å². The average Bonchev–Trinajstić information content (AvgIpc) is 2.65. The molecule has 0 radical (unpaired) electrons. The zero-order valence-corrected chi connectivity index (χ0v) is 15.8. The van der Waals surface area contributed by atoms with Crippen molar-refractivity contribution in [2.45, 2.75) is 19.6 Å². The van der Waals surface area contributed by atoms with E-state index < -0.39 is 6.10 Å². The Morgan fingerprint density at radius 3 is 2.77 bits per heavy atom. The fourth-order valence-electron chi connectivity index (χ4n) is 2.37. The van der Waals surface area contributed by atoms with Gasteiger partial charge in [0.1, 0.15) is 6.10 Å². The Morgan fingerprint density at radius 2 is 2.12 bits per heavy atom. The highest BCUT2D eigenvalue weighted by atomic mass is 35.5. The van der Waals surface area contributed by atoms with E-state index in [0.717, 1.165) is 12.1 Å². The first-order valence-corrected chi connectivity index (χ1v) is 8.30. The second-order valence-corrected chi connectivity index (χ2v) is 5.51. The normalized spacial score (nSPS) is 16.2. The van der Waals surface area contributed by atoms with Crippen molar-refractivity contribution in [1.82, 2.24) is 16.0 Å². The van der Waals surface area contributed by atoms with E-state index in [4.69, 9.17) is 14.2 Å². The number of benzene rings is 1. The maximum atomic E-state index is 12.1. The predicted octanol–water partition coefficient (Wildman–Crippen LogP) is 0.237. The smallest absolute Gasteiger partial charge is 0.257 e. The average molecular weight is 388 g/mol. The van der Waals surface area contributed by atoms with Crippen molar-refractivity contribution in [2.24, 2.45) is 0 Å². The molecule has 1 aromatic carbocycles. The highest BCUT2D eigenvalue weighted by Crippen LogP contribution is 2.28. The minimum Gasteiger partial charge on any atom is -0.493 e. The third kappa shape index (κ3) is 6.70. The molecule has 1 aliphatic rings. The van der Waals surface area contributed by atoms with Gasteiger partial charge in [-0.15, -0.1) is 12.4 Å². The van der Waals surface area contributed by atoms with Gasteiger partial charge in [0.25, 0.3) is 11.8 Å². The summed E-state index contributed by atoms with van der Waals surface area (Å²) in [4.78, 5) is 23.5. The van der Waals surface area contributed by atoms with E-state index in [2.05, 4.69) is 16.0 Å². The van der Waals surface area contributed by atoms with Gasteiger partial charge in [0.15, 0.2) is 18.1 Å². The Labute approximate surface area is 159 Å². The number of rotatable bonds is 8. The second kappa shape index (κ2) is 11.6. The van der Waals surface area contributed by atoms with Crippen LogP contribution in [0.5, 0.6) is 11.5 Å². The van der Waals surface area contributed by atoms with E-state index in [-0.39, 0.29) is 30.8 Å². The lowest BCUT2D eigenvalue weighted by Crippen LogP contribution is -2.47. The second-order valence-electron chi connectivity index (χ2n) is 5.51. The third-order valence-corrected chi connectivity index (χ3v) is 3.65. The molecule has 3 N–H and O–H groups in total. The number of nitrogens with one attached hydrogen (secondary N) is 3. The molecular formula is C17H26ClN3O5. The zero-order valence-electron chi connectivity index (χ0n) is 15.0. The number of likely N-dealkylation sites (N-methyl/N-ethyl adjacent to an activating group) is 1. The van der Waals surface area contributed by atoms with Crippen LogP contribution in [0.2, 0.25) is 0 Å². The maximum absolute atomic E-state index is 12.1. The van der Waals surface area contributed by atoms with Crippen LogP contribution in [-0.2, 0) is 20.9 Å². The summed E-state index contributed by atoms with van der Waals surface area (Å²) in [5, 5.41) is 8.62. The molecule has 146 valence electrons. The molecule has 0 spiro atoms. The van der Waals surface area contributed by atoms with Crippen LogP contribution in [0.15, 0.2) is 18.2 Å². The van der Waals surface area contributed by atoms with Gasteiger partial charge in [0.2, 0.25) is 0 Å². The lowest BCUT2D eigenvalue weighted by molar-refractivity contribution is -0.134. The molecule has 0 saturated carbocycles. The van der Waals surface area contributed by atoms with E-state index >= 15 is 0 Å². The molecule has 1 aliphatic heterocycles. The monoisotopic (exact) mass is 387 g/mol. The van der Waals surface area contributed by atoms with E-state index in [0.29, 0.717) is 37.7 Å². The van der Waals surface area contributed by atoms with Gasteiger partial charge < -0.3 is 30.2 Å². The quantitative estimate of drug-likeness (QED) is 0.591. The van der Waals surface area contributed by atoms with Crippen molar-refractivity contribution in [2.75, 3.05) is 40.0 Å². The zero-order chi connectivity index (χ0) is 18.1. The highest BCUT2D eigenvalue weighted by molar-refractivity contribution is 5.85. The van der Waals surface area contributed by atoms with Gasteiger partial charge >= 0.3 is 0 Å². The van der Waals surface area contributed by atoms with Gasteiger partial charge in [0, 0.05) is 26.2 Å². The lowest BCUT2D eigenvalue weighted by atomic mass is 10.2. The Kier molecular flexibility index (Phi) is 9.79. The van der Waals surface area contributed by atoms with Crippen LogP contribution in [0.1, 0.15) is 12.5 Å². The molecule has 8 nitrogen and oxygen atoms in total. The van der Waals surface area contributed by atoms with Crippen LogP contribution >= 0.6 is 12.4 Å². The summed E-state index contributed by atoms with van der Waals surface area (Å²) in [5.74, 6) is 0.639. The van der Waals surface area contributed by atoms with Crippen LogP contribution in [0.25, 0.3) is 0 Å². The van der Waals surface area contributed by atoms with Gasteiger partial charge in [-0.05, 0) is 24.6 Å². The number of hydrogen-bond acceptors (Lipinski definition) is 6. The number of ether oxygens (including phenoxy) is 3. The molecule has 1 heterocycles. The largest absolute Gasteiger partial charge is 0.493 e. The van der Waals surface area contributed by atoms with Crippen molar-refractivity contribution in [1.29, 1.82) is 0 Å². The summed E-state index contributed by atoms with van der Waals surface area (Å²) in [6.07, 6.45) is -0.463. The number of morpholine rings is 1. The Morgan fingerprint density at radius 1 is 1.31 bits per heavy atom. The summed E-state index contributed by atoms with van der Waals surface area (Å²) in [7, 11) is 1.53. The fraction of sp³-hybridized carbons (Fsp3) is 0.529. The molecule has 1 aromatic rings. The van der Waals surface area contributed by atoms with Crippen molar-refractivity contribution in [3.63, 3.8) is 0 Å². The number of hydrogen-bond donors (Lipinski definition) is 3. The molecule has 26 heavy (non-hydrogen) atoms. The molecule has 0 aromatic heterocycles. The summed E-state index contributed by atoms with van der Waals surface area (Å²) in [6, 6.07) is 5.31. The standard InChI is InChI=1S/C17H25N3O5.ClH/c1-3-19-16(21)11-25-13-5-4-12(8-14(13)23-2)9-20-17(22)15-10-18-6-7-24-15;/h4-5,8,15,18H,3,6-7,9-11H2,1-2H3,(H,19,21)(H,20,22);1H. The van der Waals surface area contributed by atoms with Crippen LogP contribution in [0.4, 0.5) is 0 Å². The van der Waals surface area contributed by atoms with E-state index in [9.17, 15) is 9.59 Å². The van der Waals surface area contributed by atoms with Crippen molar-refractivity contribution < 1.29 is 23.8 Å². The molecule has 1 fully saturated rings. The van der Waals surface area contributed by atoms with Crippen molar-refractivity contribution in [3.05, 3.63) is 23.8 Å². The van der Waals surface area contributed by atoms with Gasteiger partial charge in [-0.25, -0.2) is 0 Å². The molecule has 2 amide bonds. The molecule has 1 saturated heterocycles. The third-order valence-electron chi connectivity index (χ3n) is 3.65. The first-order valence-electron chi connectivity index (χ1n) is 8.30. The number of carbonyl (C=O) groups excluding carboxylic acids is 2. The summed E-state index contributed by atoms with van der Waals surface area (Å²) >= 11 is 0. The maximum Gasteiger partial charge on any atom is 0.257 e. The first kappa shape index (κ1) is 22.0. The molecule has 1 atom stereocenters. The number of amides is 2. The lowest BCUT2D eigenvalue weighted by Gasteiger charge is -2.22. The fourth-order valence-corrected chi connectivity index (χ4v) is 2.37. The van der Waals surface area contributed by atoms with Crippen molar-refractivity contribution in [3.8, 4) is 11.5 Å². The molecular weight excluding hydrogens is 362 g/mol. The number of methoxy groups -OCH3 is 1. The predicted molar refractivity (Wildman–Crippen MR) is 98.9 cm³/mol. The number of carbonyl (C=O) groups is 2. The van der Waals surface area contributed by atoms with Gasteiger partial charge in [-0.3, -0.25) is 9.59 Å². The Balaban J connectivity index is 0.00000338. The van der Waals surface area contributed by atoms with E-state index in [1.54, 1.807) is 12.1 Å². The van der Waals surface area contributed by atoms with Gasteiger partial charge in [-0.1, -0.05) is 6.07 Å². The highest BCUT2D eigenvalue weighted by Gasteiger charge is 2.21.